The minimum atomic E-state index is -5.01. The zero-order valence-corrected chi connectivity index (χ0v) is 23.6. The molecule has 19 nitrogen and oxygen atoms in total. The Morgan fingerprint density at radius 2 is 1.49 bits per heavy atom. The molecule has 230 valence electrons. The monoisotopic (exact) mass is 641 g/mol. The van der Waals surface area contributed by atoms with Crippen LogP contribution < -0.4 is 5.73 Å². The third kappa shape index (κ3) is 5.16. The molecule has 10 unspecified atom stereocenters. The van der Waals surface area contributed by atoms with Crippen LogP contribution in [0.5, 0.6) is 0 Å². The number of benzene rings is 1. The molecular weight excluding hydrogens is 616 g/mol. The Morgan fingerprint density at radius 1 is 0.814 bits per heavy atom. The highest BCUT2D eigenvalue weighted by Crippen LogP contribution is 2.53. The summed E-state index contributed by atoms with van der Waals surface area (Å²) < 4.78 is 61.8. The fourth-order valence-corrected chi connectivity index (χ4v) is 7.25. The Labute approximate surface area is 240 Å². The maximum atomic E-state index is 13.2. The topological polar surface area (TPSA) is 258 Å². The number of aromatic nitrogens is 6. The number of para-hydroxylation sites is 2. The molecule has 3 fully saturated rings. The Kier molecular flexibility index (Phi) is 7.13. The lowest BCUT2D eigenvalue weighted by Gasteiger charge is -2.25. The third-order valence-electron chi connectivity index (χ3n) is 7.35. The summed E-state index contributed by atoms with van der Waals surface area (Å²) in [4.78, 5) is 37.6. The van der Waals surface area contributed by atoms with Gasteiger partial charge in [0.15, 0.2) is 23.9 Å². The second-order valence-corrected chi connectivity index (χ2v) is 12.8. The van der Waals surface area contributed by atoms with E-state index in [2.05, 4.69) is 19.9 Å². The van der Waals surface area contributed by atoms with Gasteiger partial charge in [-0.05, 0) is 12.1 Å². The van der Waals surface area contributed by atoms with Crippen molar-refractivity contribution in [3.63, 3.8) is 0 Å². The summed E-state index contributed by atoms with van der Waals surface area (Å²) >= 11 is 0. The fourth-order valence-electron chi connectivity index (χ4n) is 5.35. The number of nitrogens with two attached hydrogens (primary N) is 1. The molecule has 1 aromatic carbocycles. The molecule has 0 spiro atoms. The van der Waals surface area contributed by atoms with E-state index in [0.29, 0.717) is 11.0 Å². The van der Waals surface area contributed by atoms with Crippen molar-refractivity contribution in [2.45, 2.75) is 49.1 Å². The van der Waals surface area contributed by atoms with E-state index in [-0.39, 0.29) is 17.0 Å². The predicted octanol–water partition coefficient (Wildman–Crippen LogP) is -0.00700. The van der Waals surface area contributed by atoms with Crippen LogP contribution in [0.1, 0.15) is 12.5 Å². The van der Waals surface area contributed by atoms with Crippen molar-refractivity contribution in [2.24, 2.45) is 0 Å². The van der Waals surface area contributed by atoms with Crippen LogP contribution in [-0.2, 0) is 36.7 Å². The Hall–Kier alpha value is -2.90. The summed E-state index contributed by atoms with van der Waals surface area (Å²) in [5.74, 6) is 0.0478. The summed E-state index contributed by atoms with van der Waals surface area (Å²) in [7, 11) is -9.97. The average Bonchev–Trinajstić information content (AvgIpc) is 3.72. The number of imidazole rings is 2. The Bertz CT molecular complexity index is 1770. The van der Waals surface area contributed by atoms with Gasteiger partial charge in [-0.2, -0.15) is 0 Å². The van der Waals surface area contributed by atoms with Gasteiger partial charge < -0.3 is 39.8 Å². The molecule has 10 atom stereocenters. The van der Waals surface area contributed by atoms with E-state index in [0.717, 1.165) is 6.33 Å². The number of aliphatic hydroxyl groups is 2. The van der Waals surface area contributed by atoms with Crippen molar-refractivity contribution in [3.8, 4) is 0 Å². The molecule has 6 heterocycles. The highest BCUT2D eigenvalue weighted by atomic mass is 31.2. The molecule has 0 aliphatic carbocycles. The number of nitrogens with zero attached hydrogens (tertiary/aromatic N) is 6. The molecule has 6 N–H and O–H groups in total. The van der Waals surface area contributed by atoms with Gasteiger partial charge in [0.1, 0.15) is 48.5 Å². The lowest BCUT2D eigenvalue weighted by Crippen LogP contribution is -2.36. The minimum Gasteiger partial charge on any atom is -0.387 e. The van der Waals surface area contributed by atoms with E-state index in [1.54, 1.807) is 24.3 Å². The van der Waals surface area contributed by atoms with Crippen LogP contribution in [0.25, 0.3) is 22.2 Å². The number of ether oxygens (including phenoxy) is 2. The largest absolute Gasteiger partial charge is 0.472 e. The zero-order chi connectivity index (χ0) is 30.1. The number of phosphoric ester groups is 2. The number of rotatable bonds is 2. The minimum absolute atomic E-state index is 0.0478. The van der Waals surface area contributed by atoms with Gasteiger partial charge in [-0.25, -0.2) is 29.1 Å². The van der Waals surface area contributed by atoms with Gasteiger partial charge in [0.05, 0.1) is 36.9 Å². The van der Waals surface area contributed by atoms with E-state index in [4.69, 9.17) is 33.3 Å². The molecule has 43 heavy (non-hydrogen) atoms. The lowest BCUT2D eigenvalue weighted by atomic mass is 10.1. The molecule has 0 saturated carbocycles. The van der Waals surface area contributed by atoms with Crippen LogP contribution in [-0.4, -0.2) is 98.9 Å². The molecular formula is C22H25N7O12P2. The zero-order valence-electron chi connectivity index (χ0n) is 21.8. The van der Waals surface area contributed by atoms with E-state index in [1.165, 1.54) is 21.8 Å². The first-order chi connectivity index (χ1) is 20.5. The number of hydrogen-bond acceptors (Lipinski definition) is 15. The molecule has 7 rings (SSSR count). The third-order valence-corrected chi connectivity index (χ3v) is 9.32. The Balaban J connectivity index is 1.20. The highest BCUT2D eigenvalue weighted by molar-refractivity contribution is 7.47. The van der Waals surface area contributed by atoms with Crippen molar-refractivity contribution >= 4 is 43.7 Å². The normalized spacial score (nSPS) is 38.9. The smallest absolute Gasteiger partial charge is 0.387 e. The SMILES string of the molecule is Nc1ncnc2c1ncn2C1OC2COP(=O)(O)OC3C(COP(=O)(O)OC1C2O)OC(n1cnc2ccccc21)C3O. The summed E-state index contributed by atoms with van der Waals surface area (Å²) in [6.45, 7) is -1.47. The summed E-state index contributed by atoms with van der Waals surface area (Å²) in [5.41, 5.74) is 7.36. The van der Waals surface area contributed by atoms with Crippen molar-refractivity contribution in [3.05, 3.63) is 43.2 Å². The molecule has 0 radical (unpaired) electrons. The standard InChI is InChI=1S/C22H25N7O12P2/c23-19-14-20(25-7-24-19)29(9-27-14)22-18-15(30)12(38-22)5-36-42(32,33)40-17-13(6-37-43(34,35)41-18)39-21(16(17)31)28-8-26-10-3-1-2-4-11(10)28/h1-4,7-9,12-13,15-18,21-22,30-31H,5-6H2,(H,32,33)(H,34,35)(H2,23,24,25). The van der Waals surface area contributed by atoms with Crippen LogP contribution in [0.4, 0.5) is 5.82 Å². The maximum absolute atomic E-state index is 13.2. The van der Waals surface area contributed by atoms with Crippen LogP contribution in [0, 0.1) is 0 Å². The van der Waals surface area contributed by atoms with E-state index in [9.17, 15) is 29.1 Å². The van der Waals surface area contributed by atoms with Gasteiger partial charge in [0.2, 0.25) is 0 Å². The van der Waals surface area contributed by atoms with E-state index >= 15 is 0 Å². The summed E-state index contributed by atoms with van der Waals surface area (Å²) in [6.07, 6.45) is -7.86. The van der Waals surface area contributed by atoms with Crippen LogP contribution in [0.3, 0.4) is 0 Å². The second-order valence-electron chi connectivity index (χ2n) is 10.0. The van der Waals surface area contributed by atoms with Gasteiger partial charge in [0, 0.05) is 0 Å². The van der Waals surface area contributed by atoms with Crippen molar-refractivity contribution in [2.75, 3.05) is 18.9 Å². The van der Waals surface area contributed by atoms with Gasteiger partial charge in [0.25, 0.3) is 0 Å². The van der Waals surface area contributed by atoms with Crippen molar-refractivity contribution in [1.29, 1.82) is 0 Å². The molecule has 3 aliphatic heterocycles. The van der Waals surface area contributed by atoms with Crippen molar-refractivity contribution < 1.29 is 56.7 Å². The second kappa shape index (κ2) is 10.6. The predicted molar refractivity (Wildman–Crippen MR) is 141 cm³/mol. The average molecular weight is 641 g/mol. The first kappa shape index (κ1) is 28.8. The molecule has 3 aliphatic rings. The van der Waals surface area contributed by atoms with Gasteiger partial charge >= 0.3 is 15.6 Å². The molecule has 4 aromatic rings. The Morgan fingerprint density at radius 3 is 2.28 bits per heavy atom. The quantitative estimate of drug-likeness (QED) is 0.180. The van der Waals surface area contributed by atoms with Crippen LogP contribution in [0.15, 0.2) is 43.2 Å². The van der Waals surface area contributed by atoms with Crippen molar-refractivity contribution in [1.82, 2.24) is 29.1 Å². The first-order valence-corrected chi connectivity index (χ1v) is 15.8. The molecule has 3 aromatic heterocycles. The number of anilines is 1. The number of hydrogen-bond donors (Lipinski definition) is 5. The molecule has 21 heteroatoms. The van der Waals surface area contributed by atoms with Crippen LogP contribution >= 0.6 is 15.6 Å². The maximum Gasteiger partial charge on any atom is 0.472 e. The molecule has 0 amide bonds. The number of phosphoric acid groups is 2. The number of fused-ring (bicyclic) bond motifs is 5. The highest BCUT2D eigenvalue weighted by Gasteiger charge is 2.53. The summed E-state index contributed by atoms with van der Waals surface area (Å²) in [5, 5.41) is 22.1. The van der Waals surface area contributed by atoms with E-state index in [1.807, 2.05) is 0 Å². The van der Waals surface area contributed by atoms with Gasteiger partial charge in [-0.3, -0.25) is 22.7 Å². The van der Waals surface area contributed by atoms with Gasteiger partial charge in [-0.1, -0.05) is 12.1 Å². The van der Waals surface area contributed by atoms with Gasteiger partial charge in [-0.15, -0.1) is 0 Å². The van der Waals surface area contributed by atoms with Crippen LogP contribution in [0.2, 0.25) is 0 Å². The number of aliphatic hydroxyl groups excluding tert-OH is 2. The molecule has 3 saturated heterocycles. The van der Waals surface area contributed by atoms with E-state index < -0.39 is 77.9 Å². The molecule has 2 bridgehead atoms. The fraction of sp³-hybridized carbons (Fsp3) is 0.455. The number of nitrogen functional groups attached to an aromatic ring is 1. The lowest BCUT2D eigenvalue weighted by molar-refractivity contribution is -0.0671. The summed E-state index contributed by atoms with van der Waals surface area (Å²) in [6, 6.07) is 6.98. The first-order valence-electron chi connectivity index (χ1n) is 12.8.